The largest absolute Gasteiger partial charge is 0.328 e. The molecule has 5 heteroatoms. The third kappa shape index (κ3) is 4.45. The molecule has 0 bridgehead atoms. The minimum Gasteiger partial charge on any atom is -0.328 e. The summed E-state index contributed by atoms with van der Waals surface area (Å²) in [6, 6.07) is 8.67. The monoisotopic (exact) mass is 295 g/mol. The van der Waals surface area contributed by atoms with Crippen LogP contribution < -0.4 is 5.32 Å². The molecule has 2 amide bonds. The number of hydrogen-bond acceptors (Lipinski definition) is 2. The van der Waals surface area contributed by atoms with Gasteiger partial charge in [0.05, 0.1) is 11.6 Å². The molecule has 17 heavy (non-hydrogen) atoms. The topological polar surface area (TPSA) is 56.1 Å². The van der Waals surface area contributed by atoms with Crippen molar-refractivity contribution in [1.82, 2.24) is 4.90 Å². The second-order valence-corrected chi connectivity index (χ2v) is 4.38. The lowest BCUT2D eigenvalue weighted by atomic mass is 10.2. The van der Waals surface area contributed by atoms with Gasteiger partial charge in [0.1, 0.15) is 0 Å². The van der Waals surface area contributed by atoms with Gasteiger partial charge in [-0.25, -0.2) is 4.79 Å². The fourth-order valence-electron chi connectivity index (χ4n) is 1.25. The fraction of sp³-hybridized carbons (Fsp3) is 0.333. The zero-order valence-corrected chi connectivity index (χ0v) is 11.2. The zero-order chi connectivity index (χ0) is 12.7. The van der Waals surface area contributed by atoms with Crippen LogP contribution in [0.4, 0.5) is 10.5 Å². The highest BCUT2D eigenvalue weighted by Crippen LogP contribution is 2.09. The molecule has 0 aliphatic carbocycles. The summed E-state index contributed by atoms with van der Waals surface area (Å²) in [5, 5.41) is 12.3. The quantitative estimate of drug-likeness (QED) is 0.869. The van der Waals surface area contributed by atoms with E-state index < -0.39 is 0 Å². The Morgan fingerprint density at radius 3 is 2.65 bits per heavy atom. The van der Waals surface area contributed by atoms with Crippen LogP contribution in [0.3, 0.4) is 0 Å². The van der Waals surface area contributed by atoms with E-state index in [1.165, 1.54) is 0 Å². The molecule has 0 fully saturated rings. The van der Waals surface area contributed by atoms with Crippen molar-refractivity contribution in [2.24, 2.45) is 0 Å². The van der Waals surface area contributed by atoms with Gasteiger partial charge < -0.3 is 10.2 Å². The van der Waals surface area contributed by atoms with Gasteiger partial charge in [-0.15, -0.1) is 0 Å². The van der Waals surface area contributed by atoms with Crippen molar-refractivity contribution >= 4 is 27.6 Å². The van der Waals surface area contributed by atoms with Gasteiger partial charge in [-0.3, -0.25) is 0 Å². The molecule has 0 aromatic heterocycles. The molecule has 0 aliphatic heterocycles. The van der Waals surface area contributed by atoms with Gasteiger partial charge in [0.25, 0.3) is 0 Å². The summed E-state index contributed by atoms with van der Waals surface area (Å²) in [6.07, 6.45) is 0.914. The lowest BCUT2D eigenvalue weighted by Crippen LogP contribution is -2.32. The number of benzene rings is 1. The number of anilines is 1. The third-order valence-electron chi connectivity index (χ3n) is 2.24. The number of carbonyl (C=O) groups is 1. The predicted molar refractivity (Wildman–Crippen MR) is 71.2 cm³/mol. The first-order valence-corrected chi connectivity index (χ1v) is 6.37. The lowest BCUT2D eigenvalue weighted by Gasteiger charge is -2.17. The SMILES string of the molecule is CN(CCCBr)C(=O)Nc1ccc(C#N)cc1. The summed E-state index contributed by atoms with van der Waals surface area (Å²) in [4.78, 5) is 13.3. The first-order chi connectivity index (χ1) is 8.17. The van der Waals surface area contributed by atoms with E-state index in [1.807, 2.05) is 6.07 Å². The minimum atomic E-state index is -0.143. The minimum absolute atomic E-state index is 0.143. The van der Waals surface area contributed by atoms with E-state index in [1.54, 1.807) is 36.2 Å². The van der Waals surface area contributed by atoms with Gasteiger partial charge in [-0.2, -0.15) is 5.26 Å². The Bertz CT molecular complexity index is 411. The van der Waals surface area contributed by atoms with Crippen LogP contribution in [0.2, 0.25) is 0 Å². The van der Waals surface area contributed by atoms with E-state index in [-0.39, 0.29) is 6.03 Å². The van der Waals surface area contributed by atoms with Crippen LogP contribution in [0.1, 0.15) is 12.0 Å². The van der Waals surface area contributed by atoms with Gasteiger partial charge in [0, 0.05) is 24.6 Å². The van der Waals surface area contributed by atoms with Crippen LogP contribution in [0, 0.1) is 11.3 Å². The maximum atomic E-state index is 11.7. The molecule has 1 N–H and O–H groups in total. The summed E-state index contributed by atoms with van der Waals surface area (Å²) in [6.45, 7) is 0.702. The molecule has 0 atom stereocenters. The van der Waals surface area contributed by atoms with Gasteiger partial charge >= 0.3 is 6.03 Å². The highest BCUT2D eigenvalue weighted by molar-refractivity contribution is 9.09. The standard InChI is InChI=1S/C12H14BrN3O/c1-16(8-2-7-13)12(17)15-11-5-3-10(9-14)4-6-11/h3-6H,2,7-8H2,1H3,(H,15,17). The number of nitrogens with zero attached hydrogens (tertiary/aromatic N) is 2. The van der Waals surface area contributed by atoms with Crippen LogP contribution in [-0.4, -0.2) is 29.9 Å². The molecule has 0 aliphatic rings. The van der Waals surface area contributed by atoms with E-state index >= 15 is 0 Å². The molecule has 0 saturated heterocycles. The Kier molecular flexibility index (Phi) is 5.50. The molecule has 0 radical (unpaired) electrons. The van der Waals surface area contributed by atoms with Crippen molar-refractivity contribution in [3.8, 4) is 6.07 Å². The smallest absolute Gasteiger partial charge is 0.321 e. The van der Waals surface area contributed by atoms with Crippen molar-refractivity contribution in [1.29, 1.82) is 5.26 Å². The molecule has 0 spiro atoms. The number of hydrogen-bond donors (Lipinski definition) is 1. The van der Waals surface area contributed by atoms with E-state index in [0.717, 1.165) is 11.8 Å². The van der Waals surface area contributed by atoms with E-state index in [0.29, 0.717) is 17.8 Å². The molecular weight excluding hydrogens is 282 g/mol. The van der Waals surface area contributed by atoms with E-state index in [4.69, 9.17) is 5.26 Å². The Morgan fingerprint density at radius 1 is 1.47 bits per heavy atom. The molecule has 0 heterocycles. The van der Waals surface area contributed by atoms with Crippen LogP contribution in [-0.2, 0) is 0 Å². The van der Waals surface area contributed by atoms with Crippen molar-refractivity contribution < 1.29 is 4.79 Å². The van der Waals surface area contributed by atoms with Crippen LogP contribution in [0.25, 0.3) is 0 Å². The Balaban J connectivity index is 2.52. The van der Waals surface area contributed by atoms with E-state index in [2.05, 4.69) is 21.2 Å². The summed E-state index contributed by atoms with van der Waals surface area (Å²) in [5.74, 6) is 0. The fourth-order valence-corrected chi connectivity index (χ4v) is 1.50. The average molecular weight is 296 g/mol. The van der Waals surface area contributed by atoms with Crippen LogP contribution >= 0.6 is 15.9 Å². The van der Waals surface area contributed by atoms with Gasteiger partial charge in [-0.1, -0.05) is 15.9 Å². The lowest BCUT2D eigenvalue weighted by molar-refractivity contribution is 0.222. The van der Waals surface area contributed by atoms with E-state index in [9.17, 15) is 4.79 Å². The molecule has 1 aromatic carbocycles. The van der Waals surface area contributed by atoms with Crippen molar-refractivity contribution in [3.63, 3.8) is 0 Å². The number of alkyl halides is 1. The number of carbonyl (C=O) groups excluding carboxylic acids is 1. The zero-order valence-electron chi connectivity index (χ0n) is 9.61. The molecular formula is C12H14BrN3O. The summed E-state index contributed by atoms with van der Waals surface area (Å²) < 4.78 is 0. The van der Waals surface area contributed by atoms with Crippen LogP contribution in [0.15, 0.2) is 24.3 Å². The molecule has 0 unspecified atom stereocenters. The first kappa shape index (κ1) is 13.5. The summed E-state index contributed by atoms with van der Waals surface area (Å²) in [7, 11) is 1.75. The number of rotatable bonds is 4. The number of amides is 2. The van der Waals surface area contributed by atoms with Crippen LogP contribution in [0.5, 0.6) is 0 Å². The highest BCUT2D eigenvalue weighted by Gasteiger charge is 2.07. The van der Waals surface area contributed by atoms with Crippen molar-refractivity contribution in [2.75, 3.05) is 24.2 Å². The highest BCUT2D eigenvalue weighted by atomic mass is 79.9. The first-order valence-electron chi connectivity index (χ1n) is 5.25. The average Bonchev–Trinajstić information content (AvgIpc) is 2.36. The maximum absolute atomic E-state index is 11.7. The predicted octanol–water partition coefficient (Wildman–Crippen LogP) is 2.81. The summed E-state index contributed by atoms with van der Waals surface area (Å²) in [5.41, 5.74) is 1.27. The maximum Gasteiger partial charge on any atom is 0.321 e. The van der Waals surface area contributed by atoms with Crippen molar-refractivity contribution in [2.45, 2.75) is 6.42 Å². The second-order valence-electron chi connectivity index (χ2n) is 3.58. The number of urea groups is 1. The summed E-state index contributed by atoms with van der Waals surface area (Å²) >= 11 is 3.32. The third-order valence-corrected chi connectivity index (χ3v) is 2.80. The second kappa shape index (κ2) is 6.92. The molecule has 1 aromatic rings. The number of nitriles is 1. The molecule has 90 valence electrons. The molecule has 0 saturated carbocycles. The van der Waals surface area contributed by atoms with Gasteiger partial charge in [0.15, 0.2) is 0 Å². The Labute approximate surface area is 109 Å². The molecule has 1 rings (SSSR count). The van der Waals surface area contributed by atoms with Gasteiger partial charge in [-0.05, 0) is 30.7 Å². The molecule has 4 nitrogen and oxygen atoms in total. The number of nitrogens with one attached hydrogen (secondary N) is 1. The Morgan fingerprint density at radius 2 is 2.12 bits per heavy atom. The van der Waals surface area contributed by atoms with Crippen molar-refractivity contribution in [3.05, 3.63) is 29.8 Å². The number of halogens is 1. The van der Waals surface area contributed by atoms with Gasteiger partial charge in [0.2, 0.25) is 0 Å². The normalized spacial score (nSPS) is 9.47. The Hall–Kier alpha value is -1.54.